The summed E-state index contributed by atoms with van der Waals surface area (Å²) in [6, 6.07) is 13.1. The average Bonchev–Trinajstić information content (AvgIpc) is 2.98. The molecular formula is C17H15FN2O2S. The van der Waals surface area contributed by atoms with Gasteiger partial charge in [0.2, 0.25) is 0 Å². The van der Waals surface area contributed by atoms with Crippen LogP contribution in [0.25, 0.3) is 10.1 Å². The van der Waals surface area contributed by atoms with Gasteiger partial charge in [-0.05, 0) is 41.7 Å². The van der Waals surface area contributed by atoms with Gasteiger partial charge in [-0.1, -0.05) is 30.3 Å². The fourth-order valence-corrected chi connectivity index (χ4v) is 3.19. The van der Waals surface area contributed by atoms with Gasteiger partial charge in [0.1, 0.15) is 11.5 Å². The molecule has 0 aliphatic heterocycles. The molecule has 0 radical (unpaired) electrons. The van der Waals surface area contributed by atoms with E-state index in [0.29, 0.717) is 17.7 Å². The summed E-state index contributed by atoms with van der Waals surface area (Å²) < 4.78 is 18.3. The van der Waals surface area contributed by atoms with E-state index in [-0.39, 0.29) is 18.3 Å². The van der Waals surface area contributed by atoms with Crippen molar-refractivity contribution in [2.24, 2.45) is 0 Å². The molecule has 0 spiro atoms. The molecule has 3 rings (SSSR count). The number of carbonyl (C=O) groups is 1. The molecule has 2 N–H and O–H groups in total. The molecule has 6 heteroatoms. The molecule has 0 aliphatic carbocycles. The first-order valence-electron chi connectivity index (χ1n) is 7.18. The van der Waals surface area contributed by atoms with Gasteiger partial charge in [-0.15, -0.1) is 0 Å². The summed E-state index contributed by atoms with van der Waals surface area (Å²) in [6.45, 7) is -0.232. The van der Waals surface area contributed by atoms with E-state index in [4.69, 9.17) is 0 Å². The van der Waals surface area contributed by atoms with Crippen LogP contribution in [-0.2, 0) is 6.42 Å². The second-order valence-corrected chi connectivity index (χ2v) is 6.02. The molecule has 1 amide bonds. The number of hydrogen-bond acceptors (Lipinski definition) is 4. The molecular weight excluding hydrogens is 315 g/mol. The molecule has 0 fully saturated rings. The number of carbonyl (C=O) groups excluding carboxylic acids is 1. The summed E-state index contributed by atoms with van der Waals surface area (Å²) in [5.41, 5.74) is 1.07. The highest BCUT2D eigenvalue weighted by Gasteiger charge is 2.18. The topological polar surface area (TPSA) is 62.2 Å². The van der Waals surface area contributed by atoms with Crippen molar-refractivity contribution in [1.29, 1.82) is 0 Å². The third-order valence-corrected chi connectivity index (χ3v) is 4.35. The van der Waals surface area contributed by atoms with Crippen LogP contribution in [0.2, 0.25) is 0 Å². The standard InChI is InChI=1S/C17H15FN2O2S/c18-12-5-3-4-11(8-12)9-13(10-21)19-17(22)16-14-6-1-2-7-15(14)23-20-16/h1-8,13,21H,9-10H2,(H,19,22). The maximum Gasteiger partial charge on any atom is 0.271 e. The minimum Gasteiger partial charge on any atom is -0.394 e. The van der Waals surface area contributed by atoms with Crippen molar-refractivity contribution in [3.05, 3.63) is 65.6 Å². The van der Waals surface area contributed by atoms with E-state index in [1.54, 1.807) is 12.1 Å². The Hall–Kier alpha value is -2.31. The van der Waals surface area contributed by atoms with E-state index in [1.807, 2.05) is 24.3 Å². The lowest BCUT2D eigenvalue weighted by atomic mass is 10.1. The van der Waals surface area contributed by atoms with Gasteiger partial charge in [0.15, 0.2) is 0 Å². The van der Waals surface area contributed by atoms with E-state index >= 15 is 0 Å². The van der Waals surface area contributed by atoms with Gasteiger partial charge in [-0.3, -0.25) is 4.79 Å². The minimum atomic E-state index is -0.496. The van der Waals surface area contributed by atoms with Gasteiger partial charge >= 0.3 is 0 Å². The van der Waals surface area contributed by atoms with Crippen LogP contribution in [-0.4, -0.2) is 28.0 Å². The molecule has 0 saturated carbocycles. The number of fused-ring (bicyclic) bond motifs is 1. The Morgan fingerprint density at radius 3 is 2.87 bits per heavy atom. The lowest BCUT2D eigenvalue weighted by molar-refractivity contribution is 0.0914. The summed E-state index contributed by atoms with van der Waals surface area (Å²) in [5.74, 6) is -0.672. The Morgan fingerprint density at radius 2 is 2.09 bits per heavy atom. The first kappa shape index (κ1) is 15.6. The second kappa shape index (κ2) is 6.85. The van der Waals surface area contributed by atoms with Gasteiger partial charge < -0.3 is 10.4 Å². The third kappa shape index (κ3) is 3.55. The van der Waals surface area contributed by atoms with Crippen LogP contribution in [0.1, 0.15) is 16.1 Å². The number of aromatic nitrogens is 1. The monoisotopic (exact) mass is 330 g/mol. The van der Waals surface area contributed by atoms with E-state index in [0.717, 1.165) is 10.1 Å². The molecule has 3 aromatic rings. The van der Waals surface area contributed by atoms with Crippen LogP contribution in [0, 0.1) is 5.82 Å². The summed E-state index contributed by atoms with van der Waals surface area (Å²) >= 11 is 1.26. The first-order chi connectivity index (χ1) is 11.2. The van der Waals surface area contributed by atoms with Gasteiger partial charge in [0.25, 0.3) is 5.91 Å². The lowest BCUT2D eigenvalue weighted by Gasteiger charge is -2.16. The Kier molecular flexibility index (Phi) is 4.64. The number of aliphatic hydroxyl groups excluding tert-OH is 1. The average molecular weight is 330 g/mol. The van der Waals surface area contributed by atoms with Crippen molar-refractivity contribution >= 4 is 27.5 Å². The molecule has 118 valence electrons. The Labute approximate surface area is 136 Å². The van der Waals surface area contributed by atoms with Gasteiger partial charge in [-0.25, -0.2) is 4.39 Å². The number of halogens is 1. The van der Waals surface area contributed by atoms with Crippen LogP contribution >= 0.6 is 11.5 Å². The molecule has 23 heavy (non-hydrogen) atoms. The molecule has 2 aromatic carbocycles. The number of benzene rings is 2. The number of nitrogens with one attached hydrogen (secondary N) is 1. The van der Waals surface area contributed by atoms with Crippen LogP contribution in [0.4, 0.5) is 4.39 Å². The first-order valence-corrected chi connectivity index (χ1v) is 7.95. The van der Waals surface area contributed by atoms with Gasteiger partial charge in [0, 0.05) is 5.39 Å². The predicted molar refractivity (Wildman–Crippen MR) is 88.1 cm³/mol. The minimum absolute atomic E-state index is 0.232. The van der Waals surface area contributed by atoms with Crippen molar-refractivity contribution in [2.75, 3.05) is 6.61 Å². The molecule has 0 saturated heterocycles. The highest BCUT2D eigenvalue weighted by Crippen LogP contribution is 2.22. The highest BCUT2D eigenvalue weighted by molar-refractivity contribution is 7.13. The van der Waals surface area contributed by atoms with Crippen LogP contribution < -0.4 is 5.32 Å². The molecule has 4 nitrogen and oxygen atoms in total. The van der Waals surface area contributed by atoms with Crippen LogP contribution in [0.3, 0.4) is 0 Å². The fourth-order valence-electron chi connectivity index (χ4n) is 2.41. The largest absolute Gasteiger partial charge is 0.394 e. The molecule has 1 heterocycles. The maximum atomic E-state index is 13.2. The van der Waals surface area contributed by atoms with E-state index in [1.165, 1.54) is 23.7 Å². The van der Waals surface area contributed by atoms with Crippen LogP contribution in [0.5, 0.6) is 0 Å². The highest BCUT2D eigenvalue weighted by atomic mass is 32.1. The Morgan fingerprint density at radius 1 is 1.26 bits per heavy atom. The van der Waals surface area contributed by atoms with Crippen molar-refractivity contribution in [3.63, 3.8) is 0 Å². The maximum absolute atomic E-state index is 13.2. The normalized spacial score (nSPS) is 12.3. The zero-order valence-electron chi connectivity index (χ0n) is 12.2. The second-order valence-electron chi connectivity index (χ2n) is 5.21. The van der Waals surface area contributed by atoms with E-state index in [9.17, 15) is 14.3 Å². The van der Waals surface area contributed by atoms with E-state index < -0.39 is 6.04 Å². The zero-order valence-corrected chi connectivity index (χ0v) is 13.0. The van der Waals surface area contributed by atoms with E-state index in [2.05, 4.69) is 9.69 Å². The van der Waals surface area contributed by atoms with Gasteiger partial charge in [-0.2, -0.15) is 4.37 Å². The van der Waals surface area contributed by atoms with Gasteiger partial charge in [0.05, 0.1) is 17.3 Å². The molecule has 0 aliphatic rings. The molecule has 0 bridgehead atoms. The summed E-state index contributed by atoms with van der Waals surface area (Å²) in [5, 5.41) is 13.0. The molecule has 1 atom stereocenters. The van der Waals surface area contributed by atoms with Crippen molar-refractivity contribution in [2.45, 2.75) is 12.5 Å². The number of amides is 1. The smallest absolute Gasteiger partial charge is 0.271 e. The summed E-state index contributed by atoms with van der Waals surface area (Å²) in [4.78, 5) is 12.4. The predicted octanol–water partition coefficient (Wildman–Crippen LogP) is 2.77. The Bertz CT molecular complexity index is 834. The summed E-state index contributed by atoms with van der Waals surface area (Å²) in [6.07, 6.45) is 0.349. The number of aliphatic hydroxyl groups is 1. The number of nitrogens with zero attached hydrogens (tertiary/aromatic N) is 1. The van der Waals surface area contributed by atoms with Crippen molar-refractivity contribution in [3.8, 4) is 0 Å². The van der Waals surface area contributed by atoms with Crippen molar-refractivity contribution in [1.82, 2.24) is 9.69 Å². The van der Waals surface area contributed by atoms with Crippen LogP contribution in [0.15, 0.2) is 48.5 Å². The van der Waals surface area contributed by atoms with Crippen molar-refractivity contribution < 1.29 is 14.3 Å². The zero-order chi connectivity index (χ0) is 16.2. The fraction of sp³-hybridized carbons (Fsp3) is 0.176. The number of hydrogen-bond donors (Lipinski definition) is 2. The number of rotatable bonds is 5. The molecule has 1 aromatic heterocycles. The third-order valence-electron chi connectivity index (χ3n) is 3.52. The lowest BCUT2D eigenvalue weighted by Crippen LogP contribution is -2.39. The quantitative estimate of drug-likeness (QED) is 0.756. The summed E-state index contributed by atoms with van der Waals surface area (Å²) in [7, 11) is 0. The Balaban J connectivity index is 1.75. The molecule has 1 unspecified atom stereocenters. The SMILES string of the molecule is O=C(NC(CO)Cc1cccc(F)c1)c1nsc2ccccc12.